The third-order valence-corrected chi connectivity index (χ3v) is 2.60. The number of halogens is 1. The van der Waals surface area contributed by atoms with E-state index in [1.165, 1.54) is 6.07 Å². The van der Waals surface area contributed by atoms with Crippen molar-refractivity contribution in [2.24, 2.45) is 0 Å². The van der Waals surface area contributed by atoms with Crippen molar-refractivity contribution < 1.29 is 9.13 Å². The van der Waals surface area contributed by atoms with Gasteiger partial charge in [-0.05, 0) is 18.2 Å². The average molecular weight is 182 g/mol. The van der Waals surface area contributed by atoms with Crippen molar-refractivity contribution in [3.63, 3.8) is 0 Å². The summed E-state index contributed by atoms with van der Waals surface area (Å²) in [5.41, 5.74) is 0. The molecule has 0 saturated carbocycles. The van der Waals surface area contributed by atoms with Crippen LogP contribution in [0.2, 0.25) is 0 Å². The molecule has 0 bridgehead atoms. The van der Waals surface area contributed by atoms with Gasteiger partial charge in [0.15, 0.2) is 5.13 Å². The molecule has 1 aromatic heterocycles. The number of thiophene rings is 1. The van der Waals surface area contributed by atoms with E-state index in [9.17, 15) is 4.39 Å². The first-order valence-corrected chi connectivity index (χ1v) is 4.35. The lowest BCUT2D eigenvalue weighted by Gasteiger charge is -1.98. The van der Waals surface area contributed by atoms with Gasteiger partial charge in [0.2, 0.25) is 0 Å². The van der Waals surface area contributed by atoms with Crippen LogP contribution in [0.5, 0.6) is 5.75 Å². The van der Waals surface area contributed by atoms with Crippen LogP contribution in [0, 0.1) is 5.13 Å². The minimum absolute atomic E-state index is 0.172. The number of rotatable bonds is 1. The Morgan fingerprint density at radius 2 is 2.25 bits per heavy atom. The molecule has 0 saturated heterocycles. The van der Waals surface area contributed by atoms with Gasteiger partial charge in [0.25, 0.3) is 0 Å². The normalized spacial score (nSPS) is 10.5. The molecule has 1 nitrogen and oxygen atoms in total. The number of fused-ring (bicyclic) bond motifs is 1. The van der Waals surface area contributed by atoms with Gasteiger partial charge in [0, 0.05) is 10.1 Å². The molecule has 0 N–H and O–H groups in total. The van der Waals surface area contributed by atoms with Gasteiger partial charge in [-0.2, -0.15) is 4.39 Å². The lowest BCUT2D eigenvalue weighted by molar-refractivity contribution is 0.420. The summed E-state index contributed by atoms with van der Waals surface area (Å²) in [6, 6.07) is 7.07. The van der Waals surface area contributed by atoms with Gasteiger partial charge in [-0.25, -0.2) is 0 Å². The predicted octanol–water partition coefficient (Wildman–Crippen LogP) is 3.05. The molecule has 0 atom stereocenters. The number of hydrogen-bond acceptors (Lipinski definition) is 2. The van der Waals surface area contributed by atoms with E-state index in [2.05, 4.69) is 0 Å². The molecule has 0 aliphatic carbocycles. The van der Waals surface area contributed by atoms with E-state index in [0.29, 0.717) is 0 Å². The van der Waals surface area contributed by atoms with Crippen LogP contribution in [0.25, 0.3) is 10.1 Å². The molecule has 2 aromatic rings. The van der Waals surface area contributed by atoms with E-state index in [-0.39, 0.29) is 5.13 Å². The second-order valence-corrected chi connectivity index (χ2v) is 3.46. The Hall–Kier alpha value is -1.09. The van der Waals surface area contributed by atoms with E-state index >= 15 is 0 Å². The predicted molar refractivity (Wildman–Crippen MR) is 48.3 cm³/mol. The highest BCUT2D eigenvalue weighted by Gasteiger charge is 2.04. The lowest BCUT2D eigenvalue weighted by Crippen LogP contribution is -1.81. The van der Waals surface area contributed by atoms with Crippen LogP contribution in [0.15, 0.2) is 24.3 Å². The lowest BCUT2D eigenvalue weighted by atomic mass is 10.2. The Morgan fingerprint density at radius 3 is 3.00 bits per heavy atom. The highest BCUT2D eigenvalue weighted by atomic mass is 32.1. The Kier molecular flexibility index (Phi) is 1.73. The third kappa shape index (κ3) is 1.06. The molecule has 12 heavy (non-hydrogen) atoms. The summed E-state index contributed by atoms with van der Waals surface area (Å²) in [5, 5.41) is 0.678. The molecule has 0 unspecified atom stereocenters. The van der Waals surface area contributed by atoms with Gasteiger partial charge in [0.1, 0.15) is 5.75 Å². The molecule has 3 heteroatoms. The quantitative estimate of drug-likeness (QED) is 0.658. The molecule has 0 aliphatic rings. The van der Waals surface area contributed by atoms with Crippen molar-refractivity contribution >= 4 is 21.4 Å². The van der Waals surface area contributed by atoms with E-state index in [0.717, 1.165) is 27.2 Å². The maximum atomic E-state index is 12.8. The number of benzene rings is 1. The zero-order valence-corrected chi connectivity index (χ0v) is 7.32. The molecule has 0 amide bonds. The average Bonchev–Trinajstić information content (AvgIpc) is 2.44. The fraction of sp³-hybridized carbons (Fsp3) is 0.111. The third-order valence-electron chi connectivity index (χ3n) is 1.71. The summed E-state index contributed by atoms with van der Waals surface area (Å²) in [7, 11) is 1.59. The van der Waals surface area contributed by atoms with Crippen LogP contribution in [-0.2, 0) is 0 Å². The second kappa shape index (κ2) is 2.75. The monoisotopic (exact) mass is 182 g/mol. The topological polar surface area (TPSA) is 9.23 Å². The molecule has 62 valence electrons. The summed E-state index contributed by atoms with van der Waals surface area (Å²) in [5.74, 6) is 0.729. The fourth-order valence-electron chi connectivity index (χ4n) is 1.18. The number of methoxy groups -OCH3 is 1. The van der Waals surface area contributed by atoms with Crippen molar-refractivity contribution in [1.82, 2.24) is 0 Å². The Balaban J connectivity index is 2.78. The number of ether oxygens (including phenoxy) is 1. The highest BCUT2D eigenvalue weighted by Crippen LogP contribution is 2.31. The molecule has 1 heterocycles. The molecule has 0 spiro atoms. The molecule has 2 rings (SSSR count). The van der Waals surface area contributed by atoms with E-state index in [1.807, 2.05) is 18.2 Å². The maximum Gasteiger partial charge on any atom is 0.177 e. The van der Waals surface area contributed by atoms with E-state index in [1.54, 1.807) is 7.11 Å². The first kappa shape index (κ1) is 7.55. The minimum atomic E-state index is -0.172. The van der Waals surface area contributed by atoms with Crippen molar-refractivity contribution in [2.75, 3.05) is 7.11 Å². The first-order valence-electron chi connectivity index (χ1n) is 3.53. The van der Waals surface area contributed by atoms with Gasteiger partial charge in [0.05, 0.1) is 7.11 Å². The zero-order valence-electron chi connectivity index (χ0n) is 6.50. The summed E-state index contributed by atoms with van der Waals surface area (Å²) in [6.07, 6.45) is 0. The standard InChI is InChI=1S/C9H7FOS/c1-11-7-3-2-4-8-6(7)5-9(10)12-8/h2-5H,1H3. The van der Waals surface area contributed by atoms with Gasteiger partial charge in [-0.3, -0.25) is 0 Å². The molecule has 1 aromatic carbocycles. The summed E-state index contributed by atoms with van der Waals surface area (Å²) in [4.78, 5) is 0. The molecular formula is C9H7FOS. The van der Waals surface area contributed by atoms with Crippen molar-refractivity contribution in [3.8, 4) is 5.75 Å². The van der Waals surface area contributed by atoms with Crippen LogP contribution < -0.4 is 4.74 Å². The molecule has 0 fully saturated rings. The van der Waals surface area contributed by atoms with Crippen molar-refractivity contribution in [3.05, 3.63) is 29.4 Å². The summed E-state index contributed by atoms with van der Waals surface area (Å²) >= 11 is 1.13. The van der Waals surface area contributed by atoms with Gasteiger partial charge in [-0.15, -0.1) is 11.3 Å². The van der Waals surface area contributed by atoms with Gasteiger partial charge < -0.3 is 4.74 Å². The first-order chi connectivity index (χ1) is 5.81. The van der Waals surface area contributed by atoms with Gasteiger partial charge in [-0.1, -0.05) is 6.07 Å². The Morgan fingerprint density at radius 1 is 1.42 bits per heavy atom. The maximum absolute atomic E-state index is 12.8. The van der Waals surface area contributed by atoms with Crippen molar-refractivity contribution in [2.45, 2.75) is 0 Å². The zero-order chi connectivity index (χ0) is 8.55. The molecule has 0 radical (unpaired) electrons. The Labute approximate surface area is 73.4 Å². The summed E-state index contributed by atoms with van der Waals surface area (Å²) in [6.45, 7) is 0. The Bertz CT molecular complexity index is 408. The second-order valence-electron chi connectivity index (χ2n) is 2.42. The number of hydrogen-bond donors (Lipinski definition) is 0. The van der Waals surface area contributed by atoms with Crippen LogP contribution >= 0.6 is 11.3 Å². The summed E-state index contributed by atoms with van der Waals surface area (Å²) < 4.78 is 18.8. The van der Waals surface area contributed by atoms with E-state index < -0.39 is 0 Å². The largest absolute Gasteiger partial charge is 0.496 e. The minimum Gasteiger partial charge on any atom is -0.496 e. The van der Waals surface area contributed by atoms with E-state index in [4.69, 9.17) is 4.74 Å². The van der Waals surface area contributed by atoms with Crippen LogP contribution in [-0.4, -0.2) is 7.11 Å². The smallest absolute Gasteiger partial charge is 0.177 e. The van der Waals surface area contributed by atoms with Crippen LogP contribution in [0.1, 0.15) is 0 Å². The fourth-order valence-corrected chi connectivity index (χ4v) is 1.98. The SMILES string of the molecule is COc1cccc2sc(F)cc12. The van der Waals surface area contributed by atoms with Crippen LogP contribution in [0.4, 0.5) is 4.39 Å². The van der Waals surface area contributed by atoms with Gasteiger partial charge >= 0.3 is 0 Å². The van der Waals surface area contributed by atoms with Crippen LogP contribution in [0.3, 0.4) is 0 Å². The van der Waals surface area contributed by atoms with Crippen molar-refractivity contribution in [1.29, 1.82) is 0 Å². The molecule has 0 aliphatic heterocycles. The highest BCUT2D eigenvalue weighted by molar-refractivity contribution is 7.17. The molecular weight excluding hydrogens is 175 g/mol.